The van der Waals surface area contributed by atoms with Crippen LogP contribution in [-0.4, -0.2) is 101 Å². The third kappa shape index (κ3) is 7.79. The average molecular weight is 793 g/mol. The van der Waals surface area contributed by atoms with Crippen LogP contribution in [0.4, 0.5) is 0 Å². The largest absolute Gasteiger partial charge is 0.347 e. The molecule has 5 saturated carbocycles. The van der Waals surface area contributed by atoms with Crippen LogP contribution in [0.5, 0.6) is 0 Å². The monoisotopic (exact) mass is 793 g/mol. The molecule has 0 aromatic heterocycles. The molecule has 2 spiro atoms. The van der Waals surface area contributed by atoms with Gasteiger partial charge in [-0.2, -0.15) is 0 Å². The molecule has 2 saturated heterocycles. The van der Waals surface area contributed by atoms with Gasteiger partial charge < -0.3 is 26.2 Å². The van der Waals surface area contributed by atoms with Crippen molar-refractivity contribution in [1.29, 1.82) is 0 Å². The third-order valence-corrected chi connectivity index (χ3v) is 16.2. The number of hydrogen-bond acceptors (Lipinski definition) is 7. The molecule has 1 unspecified atom stereocenters. The van der Waals surface area contributed by atoms with E-state index in [0.29, 0.717) is 31.8 Å². The van der Waals surface area contributed by atoms with Gasteiger partial charge in [0.15, 0.2) is 0 Å². The summed E-state index contributed by atoms with van der Waals surface area (Å²) in [6, 6.07) is -3.35. The Labute approximate surface area is 340 Å². The number of likely N-dealkylation sites (tertiary alicyclic amines) is 2. The van der Waals surface area contributed by atoms with Crippen molar-refractivity contribution in [2.75, 3.05) is 13.1 Å². The number of nitrogens with zero attached hydrogens (tertiary/aromatic N) is 2. The van der Waals surface area contributed by atoms with E-state index < -0.39 is 47.2 Å². The van der Waals surface area contributed by atoms with E-state index >= 15 is 4.79 Å². The number of ketones is 1. The fraction of sp³-hybridized carbons (Fsp3) is 0.867. The second-order valence-electron chi connectivity index (χ2n) is 20.8. The Bertz CT molecular complexity index is 1570. The number of carbonyl (C=O) groups is 6. The first-order valence-electron chi connectivity index (χ1n) is 22.9. The van der Waals surface area contributed by atoms with Crippen LogP contribution < -0.4 is 21.3 Å². The SMILES string of the molecule is CCC[C@H](NC(=O)C1C[C@@]2(CN1C(=O)[C@@H](NC(=O)[C@@H](NC(=O)[C@@H]1CCCN1C1CCCC1)C1CCCCC1)C(C)(C)C)C(C)(C)C21CCC1)C(=O)C(=O)NC1CC1. The number of rotatable bonds is 14. The second-order valence-corrected chi connectivity index (χ2v) is 20.8. The molecule has 0 aromatic rings. The summed E-state index contributed by atoms with van der Waals surface area (Å²) in [5, 5.41) is 12.2. The minimum absolute atomic E-state index is 0.0166. The van der Waals surface area contributed by atoms with E-state index in [9.17, 15) is 24.0 Å². The molecule has 0 radical (unpaired) electrons. The molecule has 0 bridgehead atoms. The lowest BCUT2D eigenvalue weighted by atomic mass is 9.73. The molecule has 5 amide bonds. The van der Waals surface area contributed by atoms with Gasteiger partial charge in [0.2, 0.25) is 29.4 Å². The van der Waals surface area contributed by atoms with E-state index in [1.54, 1.807) is 4.90 Å². The minimum Gasteiger partial charge on any atom is -0.347 e. The van der Waals surface area contributed by atoms with Crippen molar-refractivity contribution in [3.8, 4) is 0 Å². The molecule has 12 nitrogen and oxygen atoms in total. The first kappa shape index (κ1) is 42.1. The number of fused-ring (bicyclic) bond motifs is 1. The summed E-state index contributed by atoms with van der Waals surface area (Å²) in [5.74, 6) is -2.48. The van der Waals surface area contributed by atoms with Crippen LogP contribution >= 0.6 is 0 Å². The van der Waals surface area contributed by atoms with E-state index in [4.69, 9.17) is 0 Å². The molecular formula is C45H72N6O6. The highest BCUT2D eigenvalue weighted by molar-refractivity contribution is 6.38. The number of Topliss-reactive ketones (excluding diaryl/α,β-unsaturated/α-hetero) is 1. The zero-order valence-corrected chi connectivity index (χ0v) is 35.8. The maximum atomic E-state index is 15.2. The zero-order chi connectivity index (χ0) is 40.9. The Morgan fingerprint density at radius 2 is 1.39 bits per heavy atom. The molecule has 5 aliphatic carbocycles. The van der Waals surface area contributed by atoms with Gasteiger partial charge in [0.1, 0.15) is 18.1 Å². The number of carbonyl (C=O) groups excluding carboxylic acids is 6. The highest BCUT2D eigenvalue weighted by Crippen LogP contribution is 2.88. The van der Waals surface area contributed by atoms with Gasteiger partial charge in [-0.05, 0) is 106 Å². The molecule has 12 heteroatoms. The van der Waals surface area contributed by atoms with E-state index in [-0.39, 0.29) is 52.0 Å². The maximum absolute atomic E-state index is 15.2. The van der Waals surface area contributed by atoms with Gasteiger partial charge in [-0.3, -0.25) is 33.7 Å². The van der Waals surface area contributed by atoms with Crippen molar-refractivity contribution in [1.82, 2.24) is 31.1 Å². The molecule has 0 aromatic carbocycles. The standard InChI is InChI=1S/C45H72N6O6/c1-7-15-31(35(52)40(56)46-29-21-22-29)47-38(54)33-26-45(43(5,6)44(45)23-14-24-44)27-51(33)41(57)36(42(2,3)4)49-39(55)34(28-16-9-8-10-17-28)48-37(53)32-20-13-25-50(32)30-18-11-12-19-30/h28-34,36H,7-27H2,1-6H3,(H,46,56)(H,47,54)(H,48,53)(H,49,55)/t31-,32-,33?,34-,36+,45+/m0/s1. The van der Waals surface area contributed by atoms with Crippen molar-refractivity contribution in [3.05, 3.63) is 0 Å². The third-order valence-electron chi connectivity index (χ3n) is 16.2. The van der Waals surface area contributed by atoms with Crippen LogP contribution in [0, 0.1) is 27.6 Å². The lowest BCUT2D eigenvalue weighted by Gasteiger charge is -2.38. The highest BCUT2D eigenvalue weighted by atomic mass is 16.2. The fourth-order valence-corrected chi connectivity index (χ4v) is 12.4. The van der Waals surface area contributed by atoms with Crippen LogP contribution in [-0.2, 0) is 28.8 Å². The Kier molecular flexibility index (Phi) is 12.0. The summed E-state index contributed by atoms with van der Waals surface area (Å²) < 4.78 is 0. The summed E-state index contributed by atoms with van der Waals surface area (Å²) >= 11 is 0. The molecule has 2 heterocycles. The molecule has 7 rings (SSSR count). The molecular weight excluding hydrogens is 721 g/mol. The average Bonchev–Trinajstić information content (AvgIpc) is 3.64. The molecule has 4 N–H and O–H groups in total. The van der Waals surface area contributed by atoms with Gasteiger partial charge in [0.25, 0.3) is 5.91 Å². The number of nitrogens with one attached hydrogen (secondary N) is 4. The Balaban J connectivity index is 1.13. The van der Waals surface area contributed by atoms with Crippen LogP contribution in [0.2, 0.25) is 0 Å². The smallest absolute Gasteiger partial charge is 0.289 e. The molecule has 7 fully saturated rings. The van der Waals surface area contributed by atoms with Gasteiger partial charge in [-0.25, -0.2) is 0 Å². The summed E-state index contributed by atoms with van der Waals surface area (Å²) in [6.07, 6.45) is 17.5. The summed E-state index contributed by atoms with van der Waals surface area (Å²) in [6.45, 7) is 13.6. The lowest BCUT2D eigenvalue weighted by Crippen LogP contribution is -2.62. The van der Waals surface area contributed by atoms with Gasteiger partial charge in [0.05, 0.1) is 12.1 Å². The summed E-state index contributed by atoms with van der Waals surface area (Å²) in [4.78, 5) is 88.8. The minimum atomic E-state index is -0.984. The molecule has 2 aliphatic heterocycles. The van der Waals surface area contributed by atoms with Crippen molar-refractivity contribution < 1.29 is 28.8 Å². The highest BCUT2D eigenvalue weighted by Gasteiger charge is 2.85. The summed E-state index contributed by atoms with van der Waals surface area (Å²) in [5.41, 5.74) is -1.02. The van der Waals surface area contributed by atoms with Crippen LogP contribution in [0.3, 0.4) is 0 Å². The fourth-order valence-electron chi connectivity index (χ4n) is 12.4. The Hall–Kier alpha value is -3.02. The van der Waals surface area contributed by atoms with E-state index in [1.807, 2.05) is 27.7 Å². The lowest BCUT2D eigenvalue weighted by molar-refractivity contribution is -0.145. The predicted octanol–water partition coefficient (Wildman–Crippen LogP) is 4.92. The maximum Gasteiger partial charge on any atom is 0.289 e. The second kappa shape index (κ2) is 16.2. The van der Waals surface area contributed by atoms with Crippen molar-refractivity contribution >= 4 is 35.3 Å². The molecule has 57 heavy (non-hydrogen) atoms. The van der Waals surface area contributed by atoms with Crippen molar-refractivity contribution in [2.45, 2.75) is 206 Å². The van der Waals surface area contributed by atoms with E-state index in [1.165, 1.54) is 12.8 Å². The molecule has 7 aliphatic rings. The van der Waals surface area contributed by atoms with Crippen LogP contribution in [0.15, 0.2) is 0 Å². The zero-order valence-electron chi connectivity index (χ0n) is 35.8. The topological polar surface area (TPSA) is 157 Å². The number of amides is 5. The Morgan fingerprint density at radius 3 is 1.96 bits per heavy atom. The van der Waals surface area contributed by atoms with Crippen molar-refractivity contribution in [2.24, 2.45) is 27.6 Å². The van der Waals surface area contributed by atoms with Crippen LogP contribution in [0.1, 0.15) is 164 Å². The van der Waals surface area contributed by atoms with Gasteiger partial charge in [-0.15, -0.1) is 0 Å². The van der Waals surface area contributed by atoms with E-state index in [2.05, 4.69) is 40.0 Å². The predicted molar refractivity (Wildman–Crippen MR) is 218 cm³/mol. The Morgan fingerprint density at radius 1 is 0.737 bits per heavy atom. The number of hydrogen-bond donors (Lipinski definition) is 4. The van der Waals surface area contributed by atoms with Crippen molar-refractivity contribution in [3.63, 3.8) is 0 Å². The first-order valence-corrected chi connectivity index (χ1v) is 22.9. The van der Waals surface area contributed by atoms with E-state index in [0.717, 1.165) is 96.4 Å². The first-order chi connectivity index (χ1) is 27.0. The van der Waals surface area contributed by atoms with Gasteiger partial charge in [0, 0.05) is 24.0 Å². The normalized spacial score (nSPS) is 30.0. The van der Waals surface area contributed by atoms with Crippen LogP contribution in [0.25, 0.3) is 0 Å². The molecule has 6 atom stereocenters. The quantitative estimate of drug-likeness (QED) is 0.182. The summed E-state index contributed by atoms with van der Waals surface area (Å²) in [7, 11) is 0. The van der Waals surface area contributed by atoms with Gasteiger partial charge in [-0.1, -0.05) is 86.5 Å². The van der Waals surface area contributed by atoms with Gasteiger partial charge >= 0.3 is 0 Å². The molecule has 318 valence electrons.